The summed E-state index contributed by atoms with van der Waals surface area (Å²) < 4.78 is 0. The maximum Gasteiger partial charge on any atom is 0.270 e. The molecule has 0 saturated heterocycles. The molecule has 1 aromatic carbocycles. The van der Waals surface area contributed by atoms with Crippen LogP contribution in [0, 0.1) is 10.1 Å². The molecule has 16 heavy (non-hydrogen) atoms. The Morgan fingerprint density at radius 1 is 1.38 bits per heavy atom. The first kappa shape index (κ1) is 12.3. The predicted molar refractivity (Wildman–Crippen MR) is 63.7 cm³/mol. The normalized spacial score (nSPS) is 9.50. The molecule has 0 aliphatic rings. The average Bonchev–Trinajstić information content (AvgIpc) is 2.65. The highest BCUT2D eigenvalue weighted by molar-refractivity contribution is 7.18. The molecule has 0 radical (unpaired) electrons. The van der Waals surface area contributed by atoms with Gasteiger partial charge in [-0.3, -0.25) is 10.1 Å². The van der Waals surface area contributed by atoms with Crippen LogP contribution in [0.2, 0.25) is 0 Å². The number of nitrogens with two attached hydrogens (primary N) is 1. The SMILES string of the molecule is Cl.Nc1nnc(-c2cccc([N+](=O)[O-])c2)s1. The lowest BCUT2D eigenvalue weighted by Gasteiger charge is -1.94. The lowest BCUT2D eigenvalue weighted by molar-refractivity contribution is -0.384. The molecule has 2 aromatic rings. The highest BCUT2D eigenvalue weighted by Crippen LogP contribution is 2.27. The number of non-ortho nitro benzene ring substituents is 1. The smallest absolute Gasteiger partial charge is 0.270 e. The molecule has 0 fully saturated rings. The number of aromatic nitrogens is 2. The first-order valence-corrected chi connectivity index (χ1v) is 4.82. The van der Waals surface area contributed by atoms with Crippen molar-refractivity contribution in [3.8, 4) is 10.6 Å². The van der Waals surface area contributed by atoms with E-state index in [2.05, 4.69) is 10.2 Å². The Morgan fingerprint density at radius 3 is 2.69 bits per heavy atom. The quantitative estimate of drug-likeness (QED) is 0.657. The standard InChI is InChI=1S/C8H6N4O2S.ClH/c9-8-11-10-7(15-8)5-2-1-3-6(4-5)12(13)14;/h1-4H,(H2,9,11);1H. The Hall–Kier alpha value is -1.73. The number of hydrogen-bond acceptors (Lipinski definition) is 6. The number of nitrogen functional groups attached to an aromatic ring is 1. The molecule has 84 valence electrons. The molecule has 8 heteroatoms. The summed E-state index contributed by atoms with van der Waals surface area (Å²) >= 11 is 1.19. The van der Waals surface area contributed by atoms with Crippen LogP contribution in [0.15, 0.2) is 24.3 Å². The van der Waals surface area contributed by atoms with E-state index in [4.69, 9.17) is 5.73 Å². The minimum absolute atomic E-state index is 0. The van der Waals surface area contributed by atoms with Crippen molar-refractivity contribution in [1.29, 1.82) is 0 Å². The first-order chi connectivity index (χ1) is 7.16. The molecule has 0 amide bonds. The number of halogens is 1. The van der Waals surface area contributed by atoms with E-state index < -0.39 is 4.92 Å². The third-order valence-electron chi connectivity index (χ3n) is 1.74. The van der Waals surface area contributed by atoms with Crippen molar-refractivity contribution in [3.05, 3.63) is 34.4 Å². The Bertz CT molecular complexity index is 516. The van der Waals surface area contributed by atoms with Gasteiger partial charge in [0.05, 0.1) is 4.92 Å². The zero-order valence-electron chi connectivity index (χ0n) is 7.86. The van der Waals surface area contributed by atoms with Gasteiger partial charge < -0.3 is 5.73 Å². The number of nitro benzene ring substituents is 1. The minimum Gasteiger partial charge on any atom is -0.374 e. The number of rotatable bonds is 2. The van der Waals surface area contributed by atoms with Gasteiger partial charge in [-0.15, -0.1) is 22.6 Å². The summed E-state index contributed by atoms with van der Waals surface area (Å²) in [6.07, 6.45) is 0. The van der Waals surface area contributed by atoms with Gasteiger partial charge >= 0.3 is 0 Å². The fourth-order valence-corrected chi connectivity index (χ4v) is 1.71. The van der Waals surface area contributed by atoms with Gasteiger partial charge in [-0.2, -0.15) is 0 Å². The number of nitro groups is 1. The second-order valence-corrected chi connectivity index (χ2v) is 3.76. The molecular formula is C8H7ClN4O2S. The fraction of sp³-hybridized carbons (Fsp3) is 0. The maximum absolute atomic E-state index is 10.5. The van der Waals surface area contributed by atoms with Gasteiger partial charge in [0.2, 0.25) is 5.13 Å². The average molecular weight is 259 g/mol. The molecule has 0 spiro atoms. The van der Waals surface area contributed by atoms with Gasteiger partial charge in [-0.05, 0) is 0 Å². The molecule has 0 aliphatic carbocycles. The van der Waals surface area contributed by atoms with Crippen LogP contribution in [-0.2, 0) is 0 Å². The monoisotopic (exact) mass is 258 g/mol. The molecule has 0 bridgehead atoms. The van der Waals surface area contributed by atoms with Crippen LogP contribution in [0.25, 0.3) is 10.6 Å². The van der Waals surface area contributed by atoms with Gasteiger partial charge in [-0.25, -0.2) is 0 Å². The van der Waals surface area contributed by atoms with E-state index >= 15 is 0 Å². The number of benzene rings is 1. The van der Waals surface area contributed by atoms with E-state index in [9.17, 15) is 10.1 Å². The van der Waals surface area contributed by atoms with E-state index in [0.717, 1.165) is 0 Å². The summed E-state index contributed by atoms with van der Waals surface area (Å²) in [5.74, 6) is 0. The van der Waals surface area contributed by atoms with Crippen molar-refractivity contribution in [2.45, 2.75) is 0 Å². The minimum atomic E-state index is -0.451. The molecule has 2 rings (SSSR count). The van der Waals surface area contributed by atoms with Gasteiger partial charge in [0.1, 0.15) is 5.01 Å². The van der Waals surface area contributed by atoms with Crippen LogP contribution in [0.4, 0.5) is 10.8 Å². The van der Waals surface area contributed by atoms with Crippen LogP contribution in [-0.4, -0.2) is 15.1 Å². The second-order valence-electron chi connectivity index (χ2n) is 2.75. The van der Waals surface area contributed by atoms with Crippen LogP contribution in [0.5, 0.6) is 0 Å². The lowest BCUT2D eigenvalue weighted by atomic mass is 10.2. The van der Waals surface area contributed by atoms with Gasteiger partial charge in [0.25, 0.3) is 5.69 Å². The van der Waals surface area contributed by atoms with E-state index in [1.807, 2.05) is 0 Å². The van der Waals surface area contributed by atoms with Crippen molar-refractivity contribution < 1.29 is 4.92 Å². The summed E-state index contributed by atoms with van der Waals surface area (Å²) in [7, 11) is 0. The van der Waals surface area contributed by atoms with Crippen molar-refractivity contribution in [2.75, 3.05) is 5.73 Å². The van der Waals surface area contributed by atoms with Gasteiger partial charge in [-0.1, -0.05) is 23.5 Å². The van der Waals surface area contributed by atoms with Crippen LogP contribution in [0.1, 0.15) is 0 Å². The Labute approximate surface area is 101 Å². The predicted octanol–water partition coefficient (Wildman–Crippen LogP) is 2.12. The van der Waals surface area contributed by atoms with Crippen molar-refractivity contribution >= 4 is 34.6 Å². The summed E-state index contributed by atoms with van der Waals surface area (Å²) in [4.78, 5) is 10.1. The van der Waals surface area contributed by atoms with E-state index in [0.29, 0.717) is 15.7 Å². The Balaban J connectivity index is 0.00000128. The van der Waals surface area contributed by atoms with Crippen molar-refractivity contribution in [2.24, 2.45) is 0 Å². The maximum atomic E-state index is 10.5. The largest absolute Gasteiger partial charge is 0.374 e. The van der Waals surface area contributed by atoms with Gasteiger partial charge in [0.15, 0.2) is 0 Å². The summed E-state index contributed by atoms with van der Waals surface area (Å²) in [5.41, 5.74) is 6.11. The third kappa shape index (κ3) is 2.44. The molecule has 2 N–H and O–H groups in total. The Morgan fingerprint density at radius 2 is 2.12 bits per heavy atom. The van der Waals surface area contributed by atoms with Crippen LogP contribution in [0.3, 0.4) is 0 Å². The summed E-state index contributed by atoms with van der Waals surface area (Å²) in [6.45, 7) is 0. The highest BCUT2D eigenvalue weighted by atomic mass is 35.5. The molecule has 0 aliphatic heterocycles. The summed E-state index contributed by atoms with van der Waals surface area (Å²) in [5, 5.41) is 18.9. The number of hydrogen-bond donors (Lipinski definition) is 1. The molecule has 1 aromatic heterocycles. The molecule has 6 nitrogen and oxygen atoms in total. The zero-order chi connectivity index (χ0) is 10.8. The van der Waals surface area contributed by atoms with Crippen molar-refractivity contribution in [1.82, 2.24) is 10.2 Å². The van der Waals surface area contributed by atoms with Crippen LogP contribution < -0.4 is 5.73 Å². The molecule has 0 unspecified atom stereocenters. The summed E-state index contributed by atoms with van der Waals surface area (Å²) in [6, 6.07) is 6.20. The Kier molecular flexibility index (Phi) is 3.75. The van der Waals surface area contributed by atoms with Crippen LogP contribution >= 0.6 is 23.7 Å². The number of nitrogens with zero attached hydrogens (tertiary/aromatic N) is 3. The fourth-order valence-electron chi connectivity index (χ4n) is 1.10. The molecular weight excluding hydrogens is 252 g/mol. The number of anilines is 1. The third-order valence-corrected chi connectivity index (χ3v) is 2.55. The highest BCUT2D eigenvalue weighted by Gasteiger charge is 2.09. The second kappa shape index (κ2) is 4.86. The molecule has 0 atom stereocenters. The molecule has 1 heterocycles. The van der Waals surface area contributed by atoms with E-state index in [1.54, 1.807) is 12.1 Å². The topological polar surface area (TPSA) is 94.9 Å². The molecule has 0 saturated carbocycles. The van der Waals surface area contributed by atoms with E-state index in [-0.39, 0.29) is 18.1 Å². The van der Waals surface area contributed by atoms with Gasteiger partial charge in [0, 0.05) is 17.7 Å². The van der Waals surface area contributed by atoms with Crippen molar-refractivity contribution in [3.63, 3.8) is 0 Å². The van der Waals surface area contributed by atoms with E-state index in [1.165, 1.54) is 23.5 Å². The lowest BCUT2D eigenvalue weighted by Crippen LogP contribution is -1.87. The first-order valence-electron chi connectivity index (χ1n) is 4.00. The zero-order valence-corrected chi connectivity index (χ0v) is 9.49.